The fourth-order valence-corrected chi connectivity index (χ4v) is 4.64. The number of amides is 2. The highest BCUT2D eigenvalue weighted by Gasteiger charge is 2.38. The number of carbonyl (C=O) groups is 4. The number of hydrogen-bond acceptors (Lipinski definition) is 10. The number of hydrogen-bond donors (Lipinski definition) is 6. The number of rotatable bonds is 14. The maximum absolute atomic E-state index is 13.7. The molecule has 1 aliphatic carbocycles. The maximum atomic E-state index is 13.7. The van der Waals surface area contributed by atoms with Crippen LogP contribution in [0.3, 0.4) is 0 Å². The zero-order valence-corrected chi connectivity index (χ0v) is 24.7. The fourth-order valence-electron chi connectivity index (χ4n) is 4.64. The number of nitrogens with zero attached hydrogens (tertiary/aromatic N) is 2. The Labute approximate surface area is 246 Å². The van der Waals surface area contributed by atoms with E-state index in [4.69, 9.17) is 11.7 Å². The molecule has 0 heterocycles. The molecule has 0 saturated carbocycles. The van der Waals surface area contributed by atoms with Gasteiger partial charge in [0.1, 0.15) is 11.5 Å². The third-order valence-electron chi connectivity index (χ3n) is 7.12. The van der Waals surface area contributed by atoms with Crippen LogP contribution >= 0.6 is 0 Å². The quantitative estimate of drug-likeness (QED) is 0.0713. The highest BCUT2D eigenvalue weighted by molar-refractivity contribution is 6.33. The molecule has 1 aliphatic rings. The topological polar surface area (TPSA) is 191 Å². The number of aromatic hydroxyl groups is 2. The molecular weight excluding hydrogens is 540 g/mol. The second kappa shape index (κ2) is 14.1. The van der Waals surface area contributed by atoms with Crippen molar-refractivity contribution >= 4 is 34.8 Å². The molecule has 12 nitrogen and oxygen atoms in total. The van der Waals surface area contributed by atoms with E-state index in [1.165, 1.54) is 0 Å². The number of nitrogens with two attached hydrogens (primary N) is 2. The third-order valence-corrected chi connectivity index (χ3v) is 7.12. The van der Waals surface area contributed by atoms with Crippen molar-refractivity contribution in [1.82, 2.24) is 10.0 Å². The Balaban J connectivity index is 1.85. The second-order valence-corrected chi connectivity index (χ2v) is 11.3. The van der Waals surface area contributed by atoms with Crippen molar-refractivity contribution in [1.29, 1.82) is 0 Å². The average molecular weight is 583 g/mol. The van der Waals surface area contributed by atoms with E-state index in [2.05, 4.69) is 10.6 Å². The first kappa shape index (κ1) is 32.4. The monoisotopic (exact) mass is 582 g/mol. The minimum absolute atomic E-state index is 0.00530. The first-order valence-electron chi connectivity index (χ1n) is 14.2. The van der Waals surface area contributed by atoms with Gasteiger partial charge in [-0.2, -0.15) is 0 Å². The van der Waals surface area contributed by atoms with E-state index in [0.29, 0.717) is 48.9 Å². The molecule has 0 aromatic heterocycles. The molecule has 8 N–H and O–H groups in total. The number of fused-ring (bicyclic) bond motifs is 2. The van der Waals surface area contributed by atoms with Crippen molar-refractivity contribution in [3.8, 4) is 11.5 Å². The Bertz CT molecular complexity index is 1240. The van der Waals surface area contributed by atoms with Crippen molar-refractivity contribution in [2.24, 2.45) is 23.5 Å². The number of ketones is 2. The van der Waals surface area contributed by atoms with Gasteiger partial charge in [0, 0.05) is 37.3 Å². The van der Waals surface area contributed by atoms with Crippen LogP contribution < -0.4 is 22.3 Å². The van der Waals surface area contributed by atoms with Gasteiger partial charge in [-0.1, -0.05) is 27.7 Å². The molecule has 0 aliphatic heterocycles. The van der Waals surface area contributed by atoms with Crippen molar-refractivity contribution in [3.63, 3.8) is 0 Å². The van der Waals surface area contributed by atoms with Crippen molar-refractivity contribution in [2.45, 2.75) is 53.4 Å². The number of benzene rings is 2. The Kier molecular flexibility index (Phi) is 10.9. The third kappa shape index (κ3) is 7.56. The summed E-state index contributed by atoms with van der Waals surface area (Å²) < 4.78 is 0. The average Bonchev–Trinajstić information content (AvgIpc) is 2.94. The summed E-state index contributed by atoms with van der Waals surface area (Å²) >= 11 is 0. The molecule has 0 atom stereocenters. The normalized spacial score (nSPS) is 12.3. The van der Waals surface area contributed by atoms with Gasteiger partial charge in [-0.25, -0.2) is 11.7 Å². The van der Waals surface area contributed by atoms with Crippen molar-refractivity contribution in [2.75, 3.05) is 36.8 Å². The van der Waals surface area contributed by atoms with Crippen molar-refractivity contribution in [3.05, 3.63) is 46.5 Å². The predicted molar refractivity (Wildman–Crippen MR) is 160 cm³/mol. The molecule has 0 bridgehead atoms. The van der Waals surface area contributed by atoms with Crippen LogP contribution in [0.25, 0.3) is 0 Å². The molecule has 0 unspecified atom stereocenters. The van der Waals surface area contributed by atoms with Gasteiger partial charge in [0.25, 0.3) is 0 Å². The minimum atomic E-state index is -0.652. The predicted octanol–water partition coefficient (Wildman–Crippen LogP) is 2.97. The number of hydrazine groups is 2. The summed E-state index contributed by atoms with van der Waals surface area (Å²) in [6, 6.07) is 5.51. The van der Waals surface area contributed by atoms with Gasteiger partial charge in [-0.05, 0) is 48.9 Å². The molecular formula is C30H42N6O6. The molecule has 0 fully saturated rings. The van der Waals surface area contributed by atoms with Crippen LogP contribution in [0.2, 0.25) is 0 Å². The molecule has 2 amide bonds. The number of phenols is 2. The Hall–Kier alpha value is -4.16. The van der Waals surface area contributed by atoms with Gasteiger partial charge in [-0.15, -0.1) is 0 Å². The van der Waals surface area contributed by atoms with Gasteiger partial charge < -0.3 is 20.8 Å². The SMILES string of the molecule is CC(C)CCC(=O)N(N)CCNc1ccc(NCCN(N)C(=O)CCC(C)C)c2c1C(=O)c1c(O)ccc(O)c1C2=O. The van der Waals surface area contributed by atoms with Crippen LogP contribution in [0.5, 0.6) is 11.5 Å². The first-order chi connectivity index (χ1) is 19.8. The molecule has 42 heavy (non-hydrogen) atoms. The van der Waals surface area contributed by atoms with Crippen molar-refractivity contribution < 1.29 is 29.4 Å². The summed E-state index contributed by atoms with van der Waals surface area (Å²) in [6.45, 7) is 8.74. The van der Waals surface area contributed by atoms with Crippen LogP contribution in [0, 0.1) is 11.8 Å². The number of anilines is 2. The van der Waals surface area contributed by atoms with E-state index in [1.807, 2.05) is 27.7 Å². The molecule has 228 valence electrons. The maximum Gasteiger partial charge on any atom is 0.236 e. The molecule has 3 rings (SSSR count). The summed E-state index contributed by atoms with van der Waals surface area (Å²) in [5, 5.41) is 29.3. The van der Waals surface area contributed by atoms with Crippen LogP contribution in [0.1, 0.15) is 85.2 Å². The van der Waals surface area contributed by atoms with E-state index >= 15 is 0 Å². The highest BCUT2D eigenvalue weighted by Crippen LogP contribution is 2.42. The molecule has 2 aromatic carbocycles. The lowest BCUT2D eigenvalue weighted by Gasteiger charge is -2.26. The summed E-state index contributed by atoms with van der Waals surface area (Å²) in [5.74, 6) is 10.00. The molecule has 12 heteroatoms. The van der Waals surface area contributed by atoms with Crippen LogP contribution in [0.4, 0.5) is 11.4 Å². The van der Waals surface area contributed by atoms with Gasteiger partial charge in [0.15, 0.2) is 0 Å². The lowest BCUT2D eigenvalue weighted by Crippen LogP contribution is -2.41. The minimum Gasteiger partial charge on any atom is -0.507 e. The van der Waals surface area contributed by atoms with E-state index in [1.54, 1.807) is 12.1 Å². The Morgan fingerprint density at radius 1 is 0.690 bits per heavy atom. The zero-order valence-electron chi connectivity index (χ0n) is 24.7. The van der Waals surface area contributed by atoms with E-state index in [-0.39, 0.29) is 60.2 Å². The smallest absolute Gasteiger partial charge is 0.236 e. The highest BCUT2D eigenvalue weighted by atomic mass is 16.3. The number of nitrogens with one attached hydrogen (secondary N) is 2. The summed E-state index contributed by atoms with van der Waals surface area (Å²) in [4.78, 5) is 52.0. The Morgan fingerprint density at radius 3 is 1.38 bits per heavy atom. The largest absolute Gasteiger partial charge is 0.507 e. The molecule has 0 saturated heterocycles. The van der Waals surface area contributed by atoms with E-state index in [0.717, 1.165) is 22.2 Å². The fraction of sp³-hybridized carbons (Fsp3) is 0.467. The zero-order chi connectivity index (χ0) is 31.1. The lowest BCUT2D eigenvalue weighted by molar-refractivity contribution is -0.132. The van der Waals surface area contributed by atoms with Gasteiger partial charge >= 0.3 is 0 Å². The summed E-state index contributed by atoms with van der Waals surface area (Å²) in [5.41, 5.74) is 0.0301. The van der Waals surface area contributed by atoms with Crippen LogP contribution in [-0.4, -0.2) is 69.8 Å². The first-order valence-corrected chi connectivity index (χ1v) is 14.2. The second-order valence-electron chi connectivity index (χ2n) is 11.3. The van der Waals surface area contributed by atoms with Gasteiger partial charge in [0.05, 0.1) is 35.3 Å². The number of carbonyl (C=O) groups excluding carboxylic acids is 4. The van der Waals surface area contributed by atoms with E-state index < -0.39 is 23.1 Å². The molecule has 0 spiro atoms. The summed E-state index contributed by atoms with van der Waals surface area (Å²) in [7, 11) is 0. The van der Waals surface area contributed by atoms with Gasteiger partial charge in [0.2, 0.25) is 23.4 Å². The van der Waals surface area contributed by atoms with Crippen LogP contribution in [0.15, 0.2) is 24.3 Å². The standard InChI is InChI=1S/C30H42N6O6/c1-17(2)5-11-23(39)35(31)15-13-33-19-7-8-20(34-14-16-36(32)24(40)12-6-18(3)4)26-25(19)29(41)27-21(37)9-10-22(38)28(27)30(26)42/h7-10,17-18,33-34,37-38H,5-6,11-16,31-32H2,1-4H3. The van der Waals surface area contributed by atoms with Crippen LogP contribution in [-0.2, 0) is 9.59 Å². The molecule has 2 aromatic rings. The summed E-state index contributed by atoms with van der Waals surface area (Å²) in [6.07, 6.45) is 2.06. The number of phenolic OH excluding ortho intramolecular Hbond substituents is 2. The van der Waals surface area contributed by atoms with Gasteiger partial charge in [-0.3, -0.25) is 29.2 Å². The van der Waals surface area contributed by atoms with E-state index in [9.17, 15) is 29.4 Å². The molecule has 0 radical (unpaired) electrons. The lowest BCUT2D eigenvalue weighted by atomic mass is 9.81. The Morgan fingerprint density at radius 2 is 1.05 bits per heavy atom.